The molecule has 1 fully saturated rings. The van der Waals surface area contributed by atoms with Crippen LogP contribution >= 0.6 is 0 Å². The molecule has 0 aliphatic carbocycles. The summed E-state index contributed by atoms with van der Waals surface area (Å²) in [6.07, 6.45) is 2.03. The van der Waals surface area contributed by atoms with Crippen molar-refractivity contribution in [1.29, 1.82) is 0 Å². The van der Waals surface area contributed by atoms with Crippen molar-refractivity contribution in [2.45, 2.75) is 53.1 Å². The third kappa shape index (κ3) is 2.53. The minimum atomic E-state index is 0.0280. The number of nitrogens with zero attached hydrogens (tertiary/aromatic N) is 4. The minimum Gasteiger partial charge on any atom is -0.361 e. The monoisotopic (exact) mass is 302 g/mol. The summed E-state index contributed by atoms with van der Waals surface area (Å²) in [4.78, 5) is 14.8. The molecule has 6 nitrogen and oxygen atoms in total. The van der Waals surface area contributed by atoms with Crippen LogP contribution in [0.1, 0.15) is 46.0 Å². The standard InChI is InChI=1S/C16H22N4O2/c1-10-8-11(2)20(17-10)9-14-6-5-7-19(14)16(21)15-12(3)18-22-13(15)4/h8,14H,5-7,9H2,1-4H3/t14-/m0/s1. The maximum atomic E-state index is 12.8. The Hall–Kier alpha value is -2.11. The number of hydrogen-bond donors (Lipinski definition) is 0. The van der Waals surface area contributed by atoms with E-state index in [-0.39, 0.29) is 11.9 Å². The molecule has 22 heavy (non-hydrogen) atoms. The molecule has 3 rings (SSSR count). The second-order valence-corrected chi connectivity index (χ2v) is 6.10. The van der Waals surface area contributed by atoms with E-state index in [0.29, 0.717) is 17.0 Å². The summed E-state index contributed by atoms with van der Waals surface area (Å²) < 4.78 is 7.14. The number of carbonyl (C=O) groups excluding carboxylic acids is 1. The zero-order valence-electron chi connectivity index (χ0n) is 13.6. The van der Waals surface area contributed by atoms with Gasteiger partial charge in [-0.15, -0.1) is 0 Å². The quantitative estimate of drug-likeness (QED) is 0.873. The number of aromatic nitrogens is 3. The SMILES string of the molecule is Cc1cc(C)n(C[C@@H]2CCCN2C(=O)c2c(C)noc2C)n1. The molecule has 0 N–H and O–H groups in total. The molecule has 0 radical (unpaired) electrons. The molecule has 1 aliphatic rings. The van der Waals surface area contributed by atoms with Gasteiger partial charge in [-0.3, -0.25) is 9.48 Å². The van der Waals surface area contributed by atoms with Gasteiger partial charge < -0.3 is 9.42 Å². The van der Waals surface area contributed by atoms with E-state index in [2.05, 4.69) is 23.2 Å². The summed E-state index contributed by atoms with van der Waals surface area (Å²) >= 11 is 0. The smallest absolute Gasteiger partial charge is 0.259 e. The first-order chi connectivity index (χ1) is 10.5. The van der Waals surface area contributed by atoms with Gasteiger partial charge >= 0.3 is 0 Å². The predicted octanol–water partition coefficient (Wildman–Crippen LogP) is 2.41. The van der Waals surface area contributed by atoms with E-state index in [0.717, 1.165) is 37.3 Å². The zero-order valence-corrected chi connectivity index (χ0v) is 13.6. The molecule has 2 aromatic rings. The van der Waals surface area contributed by atoms with Crippen LogP contribution in [0.2, 0.25) is 0 Å². The van der Waals surface area contributed by atoms with Crippen LogP contribution in [0.25, 0.3) is 0 Å². The van der Waals surface area contributed by atoms with Gasteiger partial charge in [0.25, 0.3) is 5.91 Å². The molecule has 3 heterocycles. The molecule has 2 aromatic heterocycles. The van der Waals surface area contributed by atoms with Crippen molar-refractivity contribution in [2.24, 2.45) is 0 Å². The third-order valence-corrected chi connectivity index (χ3v) is 4.37. The Morgan fingerprint density at radius 3 is 2.73 bits per heavy atom. The highest BCUT2D eigenvalue weighted by atomic mass is 16.5. The molecule has 0 saturated carbocycles. The van der Waals surface area contributed by atoms with Crippen molar-refractivity contribution in [2.75, 3.05) is 6.54 Å². The van der Waals surface area contributed by atoms with Crippen molar-refractivity contribution in [3.05, 3.63) is 34.5 Å². The molecule has 1 amide bonds. The van der Waals surface area contributed by atoms with Crippen LogP contribution in [0.5, 0.6) is 0 Å². The molecular formula is C16H22N4O2. The molecule has 118 valence electrons. The van der Waals surface area contributed by atoms with E-state index in [1.165, 1.54) is 0 Å². The Morgan fingerprint density at radius 1 is 1.36 bits per heavy atom. The number of amides is 1. The van der Waals surface area contributed by atoms with Crippen molar-refractivity contribution in [3.63, 3.8) is 0 Å². The lowest BCUT2D eigenvalue weighted by Gasteiger charge is -2.25. The largest absolute Gasteiger partial charge is 0.361 e. The summed E-state index contributed by atoms with van der Waals surface area (Å²) in [5.74, 6) is 0.625. The number of aryl methyl sites for hydroxylation is 4. The average Bonchev–Trinajstić information content (AvgIpc) is 3.12. The van der Waals surface area contributed by atoms with Gasteiger partial charge in [0.1, 0.15) is 11.3 Å². The Morgan fingerprint density at radius 2 is 2.14 bits per heavy atom. The first kappa shape index (κ1) is 14.8. The van der Waals surface area contributed by atoms with Gasteiger partial charge in [-0.25, -0.2) is 0 Å². The van der Waals surface area contributed by atoms with Gasteiger partial charge in [-0.2, -0.15) is 5.10 Å². The first-order valence-electron chi connectivity index (χ1n) is 7.72. The van der Waals surface area contributed by atoms with Gasteiger partial charge in [0.05, 0.1) is 24.0 Å². The number of hydrogen-bond acceptors (Lipinski definition) is 4. The summed E-state index contributed by atoms with van der Waals surface area (Å²) in [6.45, 7) is 9.18. The molecule has 1 aliphatic heterocycles. The van der Waals surface area contributed by atoms with Crippen molar-refractivity contribution >= 4 is 5.91 Å². The van der Waals surface area contributed by atoms with Crippen molar-refractivity contribution < 1.29 is 9.32 Å². The molecule has 0 aromatic carbocycles. The van der Waals surface area contributed by atoms with Crippen molar-refractivity contribution in [3.8, 4) is 0 Å². The fourth-order valence-electron chi connectivity index (χ4n) is 3.28. The minimum absolute atomic E-state index is 0.0280. The summed E-state index contributed by atoms with van der Waals surface area (Å²) in [5, 5.41) is 8.41. The molecular weight excluding hydrogens is 280 g/mol. The van der Waals surface area contributed by atoms with E-state index in [9.17, 15) is 4.79 Å². The molecule has 0 spiro atoms. The van der Waals surface area contributed by atoms with E-state index in [4.69, 9.17) is 4.52 Å². The lowest BCUT2D eigenvalue weighted by atomic mass is 10.1. The Kier molecular flexibility index (Phi) is 3.76. The summed E-state index contributed by atoms with van der Waals surface area (Å²) in [7, 11) is 0. The van der Waals surface area contributed by atoms with Crippen LogP contribution in [0.3, 0.4) is 0 Å². The lowest BCUT2D eigenvalue weighted by molar-refractivity contribution is 0.0718. The summed E-state index contributed by atoms with van der Waals surface area (Å²) in [6, 6.07) is 2.24. The van der Waals surface area contributed by atoms with Crippen LogP contribution < -0.4 is 0 Å². The normalized spacial score (nSPS) is 18.2. The van der Waals surface area contributed by atoms with Crippen LogP contribution in [-0.4, -0.2) is 38.3 Å². The van der Waals surface area contributed by atoms with Gasteiger partial charge in [0.2, 0.25) is 0 Å². The number of rotatable bonds is 3. The highest BCUT2D eigenvalue weighted by Gasteiger charge is 2.33. The fourth-order valence-corrected chi connectivity index (χ4v) is 3.28. The lowest BCUT2D eigenvalue weighted by Crippen LogP contribution is -2.38. The number of carbonyl (C=O) groups is 1. The van der Waals surface area contributed by atoms with Crippen molar-refractivity contribution in [1.82, 2.24) is 19.8 Å². The molecule has 1 saturated heterocycles. The van der Waals surface area contributed by atoms with Crippen LogP contribution in [0.4, 0.5) is 0 Å². The van der Waals surface area contributed by atoms with Crippen LogP contribution in [-0.2, 0) is 6.54 Å². The molecule has 6 heteroatoms. The van der Waals surface area contributed by atoms with E-state index in [1.807, 2.05) is 23.4 Å². The summed E-state index contributed by atoms with van der Waals surface area (Å²) in [5.41, 5.74) is 3.42. The average molecular weight is 302 g/mol. The van der Waals surface area contributed by atoms with E-state index >= 15 is 0 Å². The van der Waals surface area contributed by atoms with Gasteiger partial charge in [0, 0.05) is 12.2 Å². The molecule has 1 atom stereocenters. The number of likely N-dealkylation sites (tertiary alicyclic amines) is 1. The molecule has 0 bridgehead atoms. The Balaban J connectivity index is 1.81. The molecule has 0 unspecified atom stereocenters. The highest BCUT2D eigenvalue weighted by molar-refractivity contribution is 5.96. The maximum Gasteiger partial charge on any atom is 0.259 e. The topological polar surface area (TPSA) is 64.2 Å². The van der Waals surface area contributed by atoms with Gasteiger partial charge in [-0.1, -0.05) is 5.16 Å². The second-order valence-electron chi connectivity index (χ2n) is 6.10. The van der Waals surface area contributed by atoms with Gasteiger partial charge in [0.15, 0.2) is 0 Å². The second kappa shape index (κ2) is 5.59. The highest BCUT2D eigenvalue weighted by Crippen LogP contribution is 2.24. The fraction of sp³-hybridized carbons (Fsp3) is 0.562. The Bertz CT molecular complexity index is 682. The predicted molar refractivity (Wildman–Crippen MR) is 81.7 cm³/mol. The van der Waals surface area contributed by atoms with E-state index < -0.39 is 0 Å². The van der Waals surface area contributed by atoms with Gasteiger partial charge in [-0.05, 0) is 46.6 Å². The Labute approximate surface area is 130 Å². The third-order valence-electron chi connectivity index (χ3n) is 4.37. The van der Waals surface area contributed by atoms with Crippen LogP contribution in [0, 0.1) is 27.7 Å². The van der Waals surface area contributed by atoms with E-state index in [1.54, 1.807) is 6.92 Å². The van der Waals surface area contributed by atoms with Crippen LogP contribution in [0.15, 0.2) is 10.6 Å². The zero-order chi connectivity index (χ0) is 15.9. The first-order valence-corrected chi connectivity index (χ1v) is 7.72. The maximum absolute atomic E-state index is 12.8.